The smallest absolute Gasteiger partial charge is 0.0178 e. The molecule has 0 saturated heterocycles. The van der Waals surface area contributed by atoms with E-state index in [2.05, 4.69) is 87.5 Å². The van der Waals surface area contributed by atoms with E-state index in [0.29, 0.717) is 0 Å². The lowest BCUT2D eigenvalue weighted by atomic mass is 9.94. The molecule has 0 atom stereocenters. The molecule has 25 heavy (non-hydrogen) atoms. The first kappa shape index (κ1) is 17.5. The van der Waals surface area contributed by atoms with E-state index in [1.54, 1.807) is 0 Å². The molecule has 0 unspecified atom stereocenters. The van der Waals surface area contributed by atoms with E-state index in [0.717, 1.165) is 0 Å². The number of benzene rings is 3. The van der Waals surface area contributed by atoms with Gasteiger partial charge in [0.15, 0.2) is 0 Å². The Bertz CT molecular complexity index is 866. The predicted octanol–water partition coefficient (Wildman–Crippen LogP) is 7.52. The molecule has 0 amide bonds. The molecular formula is C25H28. The molecule has 0 saturated carbocycles. The van der Waals surface area contributed by atoms with Crippen molar-refractivity contribution in [2.45, 2.75) is 46.5 Å². The molecule has 0 aromatic heterocycles. The quantitative estimate of drug-likeness (QED) is 0.324. The third-order valence-corrected chi connectivity index (χ3v) is 5.20. The van der Waals surface area contributed by atoms with Crippen LogP contribution in [0, 0.1) is 0 Å². The Kier molecular flexibility index (Phi) is 5.71. The minimum Gasteiger partial charge on any atom is -0.0654 e. The van der Waals surface area contributed by atoms with Crippen molar-refractivity contribution < 1.29 is 0 Å². The van der Waals surface area contributed by atoms with Crippen molar-refractivity contribution in [3.8, 4) is 0 Å². The van der Waals surface area contributed by atoms with Crippen LogP contribution in [0.2, 0.25) is 0 Å². The number of hydrogen-bond donors (Lipinski definition) is 0. The third kappa shape index (κ3) is 4.20. The van der Waals surface area contributed by atoms with Gasteiger partial charge in [-0.25, -0.2) is 0 Å². The van der Waals surface area contributed by atoms with Gasteiger partial charge in [-0.3, -0.25) is 0 Å². The molecule has 0 aliphatic carbocycles. The highest BCUT2D eigenvalue weighted by atomic mass is 14.1. The van der Waals surface area contributed by atoms with Crippen molar-refractivity contribution in [2.24, 2.45) is 0 Å². The summed E-state index contributed by atoms with van der Waals surface area (Å²) >= 11 is 0. The molecule has 0 bridgehead atoms. The normalized spacial score (nSPS) is 12.3. The molecule has 0 nitrogen and oxygen atoms in total. The van der Waals surface area contributed by atoms with E-state index < -0.39 is 0 Å². The van der Waals surface area contributed by atoms with Gasteiger partial charge in [0, 0.05) is 0 Å². The predicted molar refractivity (Wildman–Crippen MR) is 112 cm³/mol. The number of unbranched alkanes of at least 4 members (excludes halogenated alkanes) is 2. The Labute approximate surface area is 152 Å². The third-order valence-electron chi connectivity index (χ3n) is 5.20. The zero-order valence-electron chi connectivity index (χ0n) is 15.7. The molecule has 128 valence electrons. The van der Waals surface area contributed by atoms with E-state index in [1.807, 2.05) is 0 Å². The maximum Gasteiger partial charge on any atom is -0.0178 e. The summed E-state index contributed by atoms with van der Waals surface area (Å²) in [4.78, 5) is 0. The SMILES string of the molecule is CCCCCc1ccc(/C(C)=C(/C)c2ccc3ccccc3c2)cc1. The Hall–Kier alpha value is -2.34. The van der Waals surface area contributed by atoms with Crippen LogP contribution in [0.15, 0.2) is 66.7 Å². The number of fused-ring (bicyclic) bond motifs is 1. The second kappa shape index (κ2) is 8.16. The Morgan fingerprint density at radius 1 is 0.680 bits per heavy atom. The van der Waals surface area contributed by atoms with Crippen molar-refractivity contribution in [3.63, 3.8) is 0 Å². The van der Waals surface area contributed by atoms with E-state index in [9.17, 15) is 0 Å². The molecule has 0 aliphatic heterocycles. The molecule has 3 aromatic rings. The summed E-state index contributed by atoms with van der Waals surface area (Å²) in [7, 11) is 0. The van der Waals surface area contributed by atoms with Crippen molar-refractivity contribution in [3.05, 3.63) is 83.4 Å². The maximum absolute atomic E-state index is 2.30. The highest BCUT2D eigenvalue weighted by molar-refractivity contribution is 5.93. The zero-order chi connectivity index (χ0) is 17.6. The summed E-state index contributed by atoms with van der Waals surface area (Å²) in [5.41, 5.74) is 6.79. The maximum atomic E-state index is 2.30. The van der Waals surface area contributed by atoms with Gasteiger partial charge in [-0.05, 0) is 71.4 Å². The fourth-order valence-electron chi connectivity index (χ4n) is 3.36. The van der Waals surface area contributed by atoms with Crippen LogP contribution >= 0.6 is 0 Å². The van der Waals surface area contributed by atoms with Gasteiger partial charge in [-0.1, -0.05) is 80.4 Å². The number of aryl methyl sites for hydroxylation is 1. The lowest BCUT2D eigenvalue weighted by Crippen LogP contribution is -1.89. The lowest BCUT2D eigenvalue weighted by molar-refractivity contribution is 0.717. The highest BCUT2D eigenvalue weighted by Crippen LogP contribution is 2.28. The van der Waals surface area contributed by atoms with Crippen LogP contribution in [0.5, 0.6) is 0 Å². The van der Waals surface area contributed by atoms with Crippen LogP contribution in [-0.4, -0.2) is 0 Å². The molecule has 3 aromatic carbocycles. The van der Waals surface area contributed by atoms with Gasteiger partial charge >= 0.3 is 0 Å². The molecule has 0 spiro atoms. The first-order valence-electron chi connectivity index (χ1n) is 9.45. The number of rotatable bonds is 6. The fourth-order valence-corrected chi connectivity index (χ4v) is 3.36. The summed E-state index contributed by atoms with van der Waals surface area (Å²) in [6.07, 6.45) is 5.09. The first-order valence-corrected chi connectivity index (χ1v) is 9.45. The van der Waals surface area contributed by atoms with Gasteiger partial charge in [0.05, 0.1) is 0 Å². The van der Waals surface area contributed by atoms with Gasteiger partial charge in [0.25, 0.3) is 0 Å². The average molecular weight is 328 g/mol. The Balaban J connectivity index is 1.84. The Morgan fingerprint density at radius 2 is 1.32 bits per heavy atom. The molecule has 0 heterocycles. The van der Waals surface area contributed by atoms with Crippen molar-refractivity contribution >= 4 is 21.9 Å². The van der Waals surface area contributed by atoms with Crippen molar-refractivity contribution in [1.29, 1.82) is 0 Å². The molecule has 0 N–H and O–H groups in total. The molecular weight excluding hydrogens is 300 g/mol. The van der Waals surface area contributed by atoms with Crippen LogP contribution in [-0.2, 0) is 6.42 Å². The van der Waals surface area contributed by atoms with Crippen LogP contribution in [0.3, 0.4) is 0 Å². The van der Waals surface area contributed by atoms with Crippen LogP contribution < -0.4 is 0 Å². The van der Waals surface area contributed by atoms with Crippen molar-refractivity contribution in [1.82, 2.24) is 0 Å². The minimum atomic E-state index is 1.19. The number of hydrogen-bond acceptors (Lipinski definition) is 0. The summed E-state index contributed by atoms with van der Waals surface area (Å²) in [5.74, 6) is 0. The molecule has 0 fully saturated rings. The van der Waals surface area contributed by atoms with Crippen LogP contribution in [0.4, 0.5) is 0 Å². The molecule has 0 aliphatic rings. The summed E-state index contributed by atoms with van der Waals surface area (Å²) in [6, 6.07) is 24.5. The van der Waals surface area contributed by atoms with Crippen LogP contribution in [0.1, 0.15) is 56.7 Å². The molecule has 0 radical (unpaired) electrons. The largest absolute Gasteiger partial charge is 0.0654 e. The fraction of sp³-hybridized carbons (Fsp3) is 0.280. The van der Waals surface area contributed by atoms with E-state index in [-0.39, 0.29) is 0 Å². The van der Waals surface area contributed by atoms with Gasteiger partial charge < -0.3 is 0 Å². The summed E-state index contributed by atoms with van der Waals surface area (Å²) < 4.78 is 0. The standard InChI is InChI=1S/C25H28/c1-4-5-6-9-21-12-14-22(15-13-21)19(2)20(3)24-17-16-23-10-7-8-11-25(23)18-24/h7-8,10-18H,4-6,9H2,1-3H3/b20-19-. The van der Waals surface area contributed by atoms with Gasteiger partial charge in [0.2, 0.25) is 0 Å². The van der Waals surface area contributed by atoms with Gasteiger partial charge in [0.1, 0.15) is 0 Å². The van der Waals surface area contributed by atoms with Crippen molar-refractivity contribution in [2.75, 3.05) is 0 Å². The first-order chi connectivity index (χ1) is 12.2. The Morgan fingerprint density at radius 3 is 2.04 bits per heavy atom. The zero-order valence-corrected chi connectivity index (χ0v) is 15.7. The average Bonchev–Trinajstić information content (AvgIpc) is 2.67. The summed E-state index contributed by atoms with van der Waals surface area (Å²) in [6.45, 7) is 6.72. The van der Waals surface area contributed by atoms with Gasteiger partial charge in [-0.2, -0.15) is 0 Å². The highest BCUT2D eigenvalue weighted by Gasteiger charge is 2.05. The monoisotopic (exact) mass is 328 g/mol. The molecule has 3 rings (SSSR count). The van der Waals surface area contributed by atoms with Gasteiger partial charge in [-0.15, -0.1) is 0 Å². The second-order valence-electron chi connectivity index (χ2n) is 6.97. The van der Waals surface area contributed by atoms with E-state index in [1.165, 1.54) is 64.3 Å². The van der Waals surface area contributed by atoms with Crippen LogP contribution in [0.25, 0.3) is 21.9 Å². The van der Waals surface area contributed by atoms with E-state index in [4.69, 9.17) is 0 Å². The topological polar surface area (TPSA) is 0 Å². The number of allylic oxidation sites excluding steroid dienone is 2. The van der Waals surface area contributed by atoms with E-state index >= 15 is 0 Å². The second-order valence-corrected chi connectivity index (χ2v) is 6.97. The summed E-state index contributed by atoms with van der Waals surface area (Å²) in [5, 5.41) is 2.60. The lowest BCUT2D eigenvalue weighted by Gasteiger charge is -2.11. The molecule has 0 heteroatoms. The minimum absolute atomic E-state index is 1.19.